The Kier molecular flexibility index (Phi) is 4.36. The summed E-state index contributed by atoms with van der Waals surface area (Å²) in [5, 5.41) is 3.73. The third-order valence-electron chi connectivity index (χ3n) is 2.13. The molecule has 0 aliphatic rings. The number of rotatable bonds is 4. The van der Waals surface area contributed by atoms with Gasteiger partial charge >= 0.3 is 0 Å². The van der Waals surface area contributed by atoms with Gasteiger partial charge in [-0.1, -0.05) is 18.5 Å². The fourth-order valence-electron chi connectivity index (χ4n) is 1.50. The normalized spacial score (nSPS) is 12.9. The quantitative estimate of drug-likeness (QED) is 0.815. The second kappa shape index (κ2) is 5.32. The molecule has 1 rings (SSSR count). The molecule has 0 heterocycles. The first-order valence-corrected chi connectivity index (χ1v) is 5.09. The van der Waals surface area contributed by atoms with Crippen molar-refractivity contribution in [1.82, 2.24) is 5.32 Å². The Bertz CT molecular complexity index is 301. The van der Waals surface area contributed by atoms with E-state index in [0.29, 0.717) is 10.9 Å². The van der Waals surface area contributed by atoms with Gasteiger partial charge in [0.15, 0.2) is 0 Å². The predicted octanol–water partition coefficient (Wildman–Crippen LogP) is 2.88. The van der Waals surface area contributed by atoms with Gasteiger partial charge in [-0.2, -0.15) is 0 Å². The van der Waals surface area contributed by atoms with Crippen molar-refractivity contribution in [3.05, 3.63) is 34.6 Å². The third kappa shape index (κ3) is 3.28. The maximum Gasteiger partial charge on any atom is 0.123 e. The first kappa shape index (κ1) is 11.5. The molecule has 0 radical (unpaired) electrons. The molecule has 0 aliphatic carbocycles. The molecule has 0 aromatic heterocycles. The van der Waals surface area contributed by atoms with E-state index in [1.807, 2.05) is 7.05 Å². The minimum atomic E-state index is -0.221. The number of hydrogen-bond acceptors (Lipinski definition) is 1. The third-order valence-corrected chi connectivity index (χ3v) is 2.50. The lowest BCUT2D eigenvalue weighted by Gasteiger charge is -2.11. The van der Waals surface area contributed by atoms with E-state index in [1.54, 1.807) is 6.07 Å². The van der Waals surface area contributed by atoms with Crippen LogP contribution >= 0.6 is 11.6 Å². The topological polar surface area (TPSA) is 12.0 Å². The van der Waals surface area contributed by atoms with Crippen LogP contribution in [0, 0.1) is 11.7 Å². The van der Waals surface area contributed by atoms with Crippen molar-refractivity contribution in [3.8, 4) is 0 Å². The van der Waals surface area contributed by atoms with Crippen LogP contribution in [0.15, 0.2) is 18.2 Å². The van der Waals surface area contributed by atoms with Gasteiger partial charge < -0.3 is 5.32 Å². The molecular weight excluding hydrogens is 201 g/mol. The van der Waals surface area contributed by atoms with Crippen molar-refractivity contribution in [2.24, 2.45) is 5.92 Å². The maximum absolute atomic E-state index is 12.9. The van der Waals surface area contributed by atoms with Crippen LogP contribution in [-0.4, -0.2) is 13.6 Å². The first-order valence-electron chi connectivity index (χ1n) is 4.72. The van der Waals surface area contributed by atoms with Gasteiger partial charge in [-0.3, -0.25) is 0 Å². The Balaban J connectivity index is 2.70. The van der Waals surface area contributed by atoms with Crippen LogP contribution in [0.5, 0.6) is 0 Å². The van der Waals surface area contributed by atoms with E-state index in [-0.39, 0.29) is 5.82 Å². The molecule has 1 nitrogen and oxygen atoms in total. The molecule has 1 aromatic carbocycles. The molecular formula is C11H15ClFN. The van der Waals surface area contributed by atoms with Crippen molar-refractivity contribution in [3.63, 3.8) is 0 Å². The minimum Gasteiger partial charge on any atom is -0.319 e. The fourth-order valence-corrected chi connectivity index (χ4v) is 1.69. The predicted molar refractivity (Wildman–Crippen MR) is 58.2 cm³/mol. The van der Waals surface area contributed by atoms with Gasteiger partial charge in [0.1, 0.15) is 5.82 Å². The second-order valence-corrected chi connectivity index (χ2v) is 4.01. The van der Waals surface area contributed by atoms with Crippen molar-refractivity contribution in [2.45, 2.75) is 13.3 Å². The molecule has 0 spiro atoms. The monoisotopic (exact) mass is 215 g/mol. The van der Waals surface area contributed by atoms with E-state index < -0.39 is 0 Å². The number of hydrogen-bond donors (Lipinski definition) is 1. The van der Waals surface area contributed by atoms with Crippen LogP contribution < -0.4 is 5.32 Å². The molecule has 1 atom stereocenters. The van der Waals surface area contributed by atoms with Crippen LogP contribution in [0.4, 0.5) is 4.39 Å². The Hall–Kier alpha value is -0.600. The molecule has 0 aliphatic heterocycles. The van der Waals surface area contributed by atoms with Gasteiger partial charge in [-0.05, 0) is 49.7 Å². The van der Waals surface area contributed by atoms with Gasteiger partial charge in [0.05, 0.1) is 0 Å². The van der Waals surface area contributed by atoms with E-state index >= 15 is 0 Å². The van der Waals surface area contributed by atoms with Crippen molar-refractivity contribution in [2.75, 3.05) is 13.6 Å². The Morgan fingerprint density at radius 1 is 1.50 bits per heavy atom. The van der Waals surface area contributed by atoms with E-state index in [4.69, 9.17) is 11.6 Å². The summed E-state index contributed by atoms with van der Waals surface area (Å²) in [7, 11) is 1.91. The van der Waals surface area contributed by atoms with E-state index in [2.05, 4.69) is 12.2 Å². The highest BCUT2D eigenvalue weighted by atomic mass is 35.5. The second-order valence-electron chi connectivity index (χ2n) is 3.60. The maximum atomic E-state index is 12.9. The molecule has 0 saturated carbocycles. The number of nitrogens with one attached hydrogen (secondary N) is 1. The number of halogens is 2. The molecule has 3 heteroatoms. The molecule has 1 unspecified atom stereocenters. The summed E-state index contributed by atoms with van der Waals surface area (Å²) in [6, 6.07) is 4.50. The van der Waals surface area contributed by atoms with E-state index in [0.717, 1.165) is 18.5 Å². The smallest absolute Gasteiger partial charge is 0.123 e. The summed E-state index contributed by atoms with van der Waals surface area (Å²) in [6.45, 7) is 3.02. The largest absolute Gasteiger partial charge is 0.319 e. The standard InChI is InChI=1S/C11H15ClFN/c1-8(7-14-2)5-9-6-10(13)3-4-11(9)12/h3-4,6,8,14H,5,7H2,1-2H3. The lowest BCUT2D eigenvalue weighted by Crippen LogP contribution is -2.18. The van der Waals surface area contributed by atoms with Crippen LogP contribution in [0.25, 0.3) is 0 Å². The highest BCUT2D eigenvalue weighted by Gasteiger charge is 2.07. The first-order chi connectivity index (χ1) is 6.63. The highest BCUT2D eigenvalue weighted by molar-refractivity contribution is 6.31. The SMILES string of the molecule is CNCC(C)Cc1cc(F)ccc1Cl. The fraction of sp³-hybridized carbons (Fsp3) is 0.455. The summed E-state index contributed by atoms with van der Waals surface area (Å²) in [4.78, 5) is 0. The summed E-state index contributed by atoms with van der Waals surface area (Å²) >= 11 is 5.95. The van der Waals surface area contributed by atoms with Gasteiger partial charge in [-0.25, -0.2) is 4.39 Å². The van der Waals surface area contributed by atoms with E-state index in [9.17, 15) is 4.39 Å². The van der Waals surface area contributed by atoms with Crippen molar-refractivity contribution in [1.29, 1.82) is 0 Å². The molecule has 0 fully saturated rings. The average molecular weight is 216 g/mol. The molecule has 0 amide bonds. The summed E-state index contributed by atoms with van der Waals surface area (Å²) in [6.07, 6.45) is 0.803. The molecule has 14 heavy (non-hydrogen) atoms. The lowest BCUT2D eigenvalue weighted by atomic mass is 10.0. The minimum absolute atomic E-state index is 0.221. The molecule has 1 N–H and O–H groups in total. The molecule has 0 saturated heterocycles. The van der Waals surface area contributed by atoms with Gasteiger partial charge in [-0.15, -0.1) is 0 Å². The van der Waals surface area contributed by atoms with Crippen molar-refractivity contribution >= 4 is 11.6 Å². The molecule has 0 bridgehead atoms. The Labute approximate surface area is 89.3 Å². The van der Waals surface area contributed by atoms with Crippen LogP contribution in [0.3, 0.4) is 0 Å². The van der Waals surface area contributed by atoms with E-state index in [1.165, 1.54) is 12.1 Å². The van der Waals surface area contributed by atoms with Crippen LogP contribution in [0.2, 0.25) is 5.02 Å². The number of benzene rings is 1. The average Bonchev–Trinajstić information content (AvgIpc) is 2.12. The summed E-state index contributed by atoms with van der Waals surface area (Å²) in [5.41, 5.74) is 0.884. The molecule has 1 aromatic rings. The van der Waals surface area contributed by atoms with Gasteiger partial charge in [0, 0.05) is 5.02 Å². The van der Waals surface area contributed by atoms with Crippen molar-refractivity contribution < 1.29 is 4.39 Å². The Morgan fingerprint density at radius 3 is 2.86 bits per heavy atom. The van der Waals surface area contributed by atoms with Crippen LogP contribution in [0.1, 0.15) is 12.5 Å². The Morgan fingerprint density at radius 2 is 2.21 bits per heavy atom. The summed E-state index contributed by atoms with van der Waals surface area (Å²) in [5.74, 6) is 0.236. The van der Waals surface area contributed by atoms with Gasteiger partial charge in [0.25, 0.3) is 0 Å². The lowest BCUT2D eigenvalue weighted by molar-refractivity contribution is 0.539. The van der Waals surface area contributed by atoms with Crippen LogP contribution in [-0.2, 0) is 6.42 Å². The zero-order valence-electron chi connectivity index (χ0n) is 8.48. The highest BCUT2D eigenvalue weighted by Crippen LogP contribution is 2.20. The zero-order chi connectivity index (χ0) is 10.6. The summed E-state index contributed by atoms with van der Waals surface area (Å²) < 4.78 is 12.9. The molecule has 78 valence electrons. The van der Waals surface area contributed by atoms with Gasteiger partial charge in [0.2, 0.25) is 0 Å². The zero-order valence-corrected chi connectivity index (χ0v) is 9.24.